The molecule has 0 unspecified atom stereocenters. The molecular weight excluding hydrogens is 306 g/mol. The number of aliphatic hydroxyl groups excluding tert-OH is 1. The molecule has 0 bridgehead atoms. The number of amides is 1. The average Bonchev–Trinajstić information content (AvgIpc) is 2.98. The first-order valence-corrected chi connectivity index (χ1v) is 8.16. The molecule has 110 valence electrons. The molecule has 1 N–H and O–H groups in total. The van der Waals surface area contributed by atoms with Gasteiger partial charge in [0.25, 0.3) is 5.91 Å². The Morgan fingerprint density at radius 2 is 1.81 bits per heavy atom. The number of carbonyl (C=O) groups excluding carboxylic acids is 1. The van der Waals surface area contributed by atoms with Crippen LogP contribution in [0.25, 0.3) is 10.4 Å². The highest BCUT2D eigenvalue weighted by Crippen LogP contribution is 2.30. The number of carbonyl (C=O) groups is 1. The van der Waals surface area contributed by atoms with Gasteiger partial charge in [-0.15, -0.1) is 11.3 Å². The van der Waals surface area contributed by atoms with Gasteiger partial charge >= 0.3 is 0 Å². The standard InChI is InChI=1S/C16H16ClNO2S/c17-12-3-1-11(2-4-12)14-5-6-15(21-14)16(20)18-9-7-13(19)8-10-18/h1-6,13,19H,7-10H2. The number of aliphatic hydroxyl groups is 1. The number of hydrogen-bond acceptors (Lipinski definition) is 3. The molecule has 1 aromatic carbocycles. The minimum atomic E-state index is -0.262. The largest absolute Gasteiger partial charge is 0.393 e. The van der Waals surface area contributed by atoms with E-state index in [0.29, 0.717) is 31.0 Å². The zero-order valence-electron chi connectivity index (χ0n) is 11.5. The second-order valence-corrected chi connectivity index (χ2v) is 6.71. The molecule has 21 heavy (non-hydrogen) atoms. The fraction of sp³-hybridized carbons (Fsp3) is 0.312. The van der Waals surface area contributed by atoms with Gasteiger partial charge in [-0.3, -0.25) is 4.79 Å². The molecule has 1 saturated heterocycles. The molecule has 2 aromatic rings. The van der Waals surface area contributed by atoms with Gasteiger partial charge in [-0.05, 0) is 42.7 Å². The summed E-state index contributed by atoms with van der Waals surface area (Å²) in [5, 5.41) is 10.2. The molecule has 1 aliphatic rings. The highest BCUT2D eigenvalue weighted by Gasteiger charge is 2.23. The predicted octanol–water partition coefficient (Wildman–Crippen LogP) is 3.67. The van der Waals surface area contributed by atoms with Crippen molar-refractivity contribution >= 4 is 28.8 Å². The first kappa shape index (κ1) is 14.6. The van der Waals surface area contributed by atoms with Gasteiger partial charge < -0.3 is 10.0 Å². The van der Waals surface area contributed by atoms with Crippen molar-refractivity contribution in [2.75, 3.05) is 13.1 Å². The third-order valence-corrected chi connectivity index (χ3v) is 5.07. The Kier molecular flexibility index (Phi) is 4.29. The van der Waals surface area contributed by atoms with Gasteiger partial charge in [-0.1, -0.05) is 23.7 Å². The van der Waals surface area contributed by atoms with E-state index in [0.717, 1.165) is 15.3 Å². The van der Waals surface area contributed by atoms with Crippen LogP contribution in [0.3, 0.4) is 0 Å². The normalized spacial score (nSPS) is 16.2. The number of nitrogens with zero attached hydrogens (tertiary/aromatic N) is 1. The van der Waals surface area contributed by atoms with Gasteiger partial charge in [0.05, 0.1) is 11.0 Å². The third-order valence-electron chi connectivity index (χ3n) is 3.70. The molecule has 1 aliphatic heterocycles. The quantitative estimate of drug-likeness (QED) is 0.917. The Morgan fingerprint density at radius 3 is 2.48 bits per heavy atom. The Labute approximate surface area is 132 Å². The van der Waals surface area contributed by atoms with Crippen LogP contribution in [0.5, 0.6) is 0 Å². The smallest absolute Gasteiger partial charge is 0.263 e. The maximum absolute atomic E-state index is 12.4. The molecule has 0 saturated carbocycles. The number of likely N-dealkylation sites (tertiary alicyclic amines) is 1. The molecule has 1 fully saturated rings. The fourth-order valence-electron chi connectivity index (χ4n) is 2.45. The van der Waals surface area contributed by atoms with Crippen molar-refractivity contribution in [3.63, 3.8) is 0 Å². The van der Waals surface area contributed by atoms with E-state index in [1.54, 1.807) is 0 Å². The molecule has 0 spiro atoms. The number of piperidine rings is 1. The Hall–Kier alpha value is -1.36. The van der Waals surface area contributed by atoms with Crippen LogP contribution in [-0.2, 0) is 0 Å². The lowest BCUT2D eigenvalue weighted by Crippen LogP contribution is -2.39. The molecule has 3 rings (SSSR count). The average molecular weight is 322 g/mol. The maximum Gasteiger partial charge on any atom is 0.263 e. The van der Waals surface area contributed by atoms with E-state index in [2.05, 4.69) is 0 Å². The van der Waals surface area contributed by atoms with E-state index in [9.17, 15) is 9.90 Å². The molecule has 2 heterocycles. The highest BCUT2D eigenvalue weighted by molar-refractivity contribution is 7.17. The number of rotatable bonds is 2. The van der Waals surface area contributed by atoms with E-state index in [1.807, 2.05) is 41.3 Å². The molecule has 1 aromatic heterocycles. The number of hydrogen-bond donors (Lipinski definition) is 1. The Morgan fingerprint density at radius 1 is 1.14 bits per heavy atom. The lowest BCUT2D eigenvalue weighted by atomic mass is 10.1. The lowest BCUT2D eigenvalue weighted by Gasteiger charge is -2.29. The van der Waals surface area contributed by atoms with E-state index in [4.69, 9.17) is 11.6 Å². The first-order valence-electron chi connectivity index (χ1n) is 6.96. The van der Waals surface area contributed by atoms with E-state index in [-0.39, 0.29) is 12.0 Å². The first-order chi connectivity index (χ1) is 10.1. The maximum atomic E-state index is 12.4. The molecule has 0 radical (unpaired) electrons. The second-order valence-electron chi connectivity index (χ2n) is 5.19. The van der Waals surface area contributed by atoms with Crippen molar-refractivity contribution in [2.24, 2.45) is 0 Å². The summed E-state index contributed by atoms with van der Waals surface area (Å²) in [6, 6.07) is 11.5. The van der Waals surface area contributed by atoms with Crippen LogP contribution in [0.2, 0.25) is 5.02 Å². The van der Waals surface area contributed by atoms with Crippen molar-refractivity contribution < 1.29 is 9.90 Å². The summed E-state index contributed by atoms with van der Waals surface area (Å²) in [6.07, 6.45) is 1.07. The van der Waals surface area contributed by atoms with Gasteiger partial charge in [0.2, 0.25) is 0 Å². The molecule has 0 aliphatic carbocycles. The lowest BCUT2D eigenvalue weighted by molar-refractivity contribution is 0.0550. The summed E-state index contributed by atoms with van der Waals surface area (Å²) < 4.78 is 0. The van der Waals surface area contributed by atoms with Crippen LogP contribution >= 0.6 is 22.9 Å². The summed E-state index contributed by atoms with van der Waals surface area (Å²) in [5.41, 5.74) is 1.07. The van der Waals surface area contributed by atoms with Gasteiger partial charge in [-0.25, -0.2) is 0 Å². The van der Waals surface area contributed by atoms with Gasteiger partial charge in [-0.2, -0.15) is 0 Å². The van der Waals surface area contributed by atoms with Crippen molar-refractivity contribution in [1.29, 1.82) is 0 Å². The molecule has 1 amide bonds. The summed E-state index contributed by atoms with van der Waals surface area (Å²) >= 11 is 7.39. The third kappa shape index (κ3) is 3.28. The van der Waals surface area contributed by atoms with Gasteiger partial charge in [0, 0.05) is 23.0 Å². The van der Waals surface area contributed by atoms with Crippen molar-refractivity contribution in [3.8, 4) is 10.4 Å². The number of halogens is 1. The van der Waals surface area contributed by atoms with Crippen molar-refractivity contribution in [2.45, 2.75) is 18.9 Å². The number of benzene rings is 1. The molecular formula is C16H16ClNO2S. The Bertz CT molecular complexity index is 630. The van der Waals surface area contributed by atoms with Crippen LogP contribution in [0.4, 0.5) is 0 Å². The molecule has 0 atom stereocenters. The minimum absolute atomic E-state index is 0.0621. The zero-order chi connectivity index (χ0) is 14.8. The monoisotopic (exact) mass is 321 g/mol. The summed E-state index contributed by atoms with van der Waals surface area (Å²) in [5.74, 6) is 0.0621. The van der Waals surface area contributed by atoms with E-state index in [1.165, 1.54) is 11.3 Å². The van der Waals surface area contributed by atoms with E-state index < -0.39 is 0 Å². The van der Waals surface area contributed by atoms with Crippen LogP contribution in [0, 0.1) is 0 Å². The topological polar surface area (TPSA) is 40.5 Å². The number of thiophene rings is 1. The van der Waals surface area contributed by atoms with Crippen molar-refractivity contribution in [3.05, 3.63) is 46.3 Å². The van der Waals surface area contributed by atoms with Crippen LogP contribution in [-0.4, -0.2) is 35.1 Å². The van der Waals surface area contributed by atoms with Gasteiger partial charge in [0.15, 0.2) is 0 Å². The van der Waals surface area contributed by atoms with Crippen LogP contribution in [0.15, 0.2) is 36.4 Å². The zero-order valence-corrected chi connectivity index (χ0v) is 13.0. The highest BCUT2D eigenvalue weighted by atomic mass is 35.5. The fourth-order valence-corrected chi connectivity index (χ4v) is 3.55. The summed E-state index contributed by atoms with van der Waals surface area (Å²) in [7, 11) is 0. The summed E-state index contributed by atoms with van der Waals surface area (Å²) in [4.78, 5) is 16.1. The van der Waals surface area contributed by atoms with E-state index >= 15 is 0 Å². The van der Waals surface area contributed by atoms with Gasteiger partial charge in [0.1, 0.15) is 0 Å². The SMILES string of the molecule is O=C(c1ccc(-c2ccc(Cl)cc2)s1)N1CCC(O)CC1. The van der Waals surface area contributed by atoms with Crippen LogP contribution < -0.4 is 0 Å². The second kappa shape index (κ2) is 6.18. The molecule has 5 heteroatoms. The predicted molar refractivity (Wildman–Crippen MR) is 85.9 cm³/mol. The minimum Gasteiger partial charge on any atom is -0.393 e. The summed E-state index contributed by atoms with van der Waals surface area (Å²) in [6.45, 7) is 1.27. The van der Waals surface area contributed by atoms with Crippen LogP contribution in [0.1, 0.15) is 22.5 Å². The molecule has 3 nitrogen and oxygen atoms in total. The van der Waals surface area contributed by atoms with Crippen molar-refractivity contribution in [1.82, 2.24) is 4.90 Å². The Balaban J connectivity index is 1.75.